The average molecular weight is 814 g/mol. The van der Waals surface area contributed by atoms with Crippen LogP contribution in [0.25, 0.3) is 0 Å². The molecule has 0 saturated carbocycles. The molecule has 336 valence electrons. The Bertz CT molecular complexity index is 981. The molecule has 9 unspecified atom stereocenters. The van der Waals surface area contributed by atoms with Crippen molar-refractivity contribution in [3.05, 3.63) is 24.3 Å². The molecule has 8 N–H and O–H groups in total. The van der Waals surface area contributed by atoms with Crippen molar-refractivity contribution in [2.75, 3.05) is 13.2 Å². The maximum Gasteiger partial charge on any atom is 0.249 e. The molecule has 0 bridgehead atoms. The van der Waals surface area contributed by atoms with Crippen molar-refractivity contribution in [2.24, 2.45) is 0 Å². The highest BCUT2D eigenvalue weighted by Gasteiger charge is 2.44. The number of hydrogen-bond acceptors (Lipinski definition) is 10. The fraction of sp³-hybridized carbons (Fsp3) is 0.891. The summed E-state index contributed by atoms with van der Waals surface area (Å²) in [4.78, 5) is 13.0. The second-order valence-electron chi connectivity index (χ2n) is 16.5. The zero-order valence-electron chi connectivity index (χ0n) is 36.1. The lowest BCUT2D eigenvalue weighted by molar-refractivity contribution is -0.303. The summed E-state index contributed by atoms with van der Waals surface area (Å²) in [5.41, 5.74) is 0. The van der Waals surface area contributed by atoms with Gasteiger partial charge in [0.2, 0.25) is 5.91 Å². The molecule has 0 spiro atoms. The molecule has 11 heteroatoms. The first-order valence-corrected chi connectivity index (χ1v) is 23.2. The van der Waals surface area contributed by atoms with Crippen LogP contribution in [-0.2, 0) is 14.3 Å². The van der Waals surface area contributed by atoms with Crippen LogP contribution in [0, 0.1) is 0 Å². The van der Waals surface area contributed by atoms with E-state index in [-0.39, 0.29) is 12.8 Å². The lowest BCUT2D eigenvalue weighted by atomic mass is 9.98. The molecule has 1 saturated heterocycles. The highest BCUT2D eigenvalue weighted by molar-refractivity contribution is 5.80. The van der Waals surface area contributed by atoms with E-state index in [2.05, 4.69) is 37.4 Å². The predicted molar refractivity (Wildman–Crippen MR) is 229 cm³/mol. The van der Waals surface area contributed by atoms with E-state index in [4.69, 9.17) is 9.47 Å². The highest BCUT2D eigenvalue weighted by Crippen LogP contribution is 2.23. The van der Waals surface area contributed by atoms with E-state index < -0.39 is 74.2 Å². The maximum absolute atomic E-state index is 13.0. The Hall–Kier alpha value is -1.41. The molecule has 57 heavy (non-hydrogen) atoms. The van der Waals surface area contributed by atoms with E-state index >= 15 is 0 Å². The number of carbonyl (C=O) groups excluding carboxylic acids is 1. The van der Waals surface area contributed by atoms with Crippen LogP contribution in [0.1, 0.15) is 194 Å². The normalized spacial score (nSPS) is 22.3. The third-order valence-corrected chi connectivity index (χ3v) is 11.2. The van der Waals surface area contributed by atoms with Crippen LogP contribution in [0.4, 0.5) is 0 Å². The van der Waals surface area contributed by atoms with Crippen LogP contribution in [0.3, 0.4) is 0 Å². The molecule has 11 nitrogen and oxygen atoms in total. The molecule has 0 radical (unpaired) electrons. The molecule has 1 aliphatic rings. The van der Waals surface area contributed by atoms with Crippen molar-refractivity contribution >= 4 is 5.91 Å². The first kappa shape index (κ1) is 53.6. The third-order valence-electron chi connectivity index (χ3n) is 11.2. The number of ether oxygens (including phenoxy) is 2. The summed E-state index contributed by atoms with van der Waals surface area (Å²) in [5.74, 6) is -0.714. The molecule has 1 heterocycles. The summed E-state index contributed by atoms with van der Waals surface area (Å²) in [6.07, 6.45) is 28.5. The fourth-order valence-electron chi connectivity index (χ4n) is 7.30. The topological polar surface area (TPSA) is 189 Å². The summed E-state index contributed by atoms with van der Waals surface area (Å²) in [6.45, 7) is 3.33. The molecular weight excluding hydrogens is 727 g/mol. The minimum absolute atomic E-state index is 0.249. The van der Waals surface area contributed by atoms with Gasteiger partial charge < -0.3 is 50.5 Å². The average Bonchev–Trinajstić information content (AvgIpc) is 3.21. The lowest BCUT2D eigenvalue weighted by Gasteiger charge is -2.40. The van der Waals surface area contributed by atoms with Gasteiger partial charge in [-0.3, -0.25) is 4.79 Å². The second kappa shape index (κ2) is 36.4. The van der Waals surface area contributed by atoms with Crippen LogP contribution < -0.4 is 5.32 Å². The molecule has 1 aliphatic heterocycles. The molecule has 9 atom stereocenters. The molecule has 1 fully saturated rings. The van der Waals surface area contributed by atoms with E-state index in [9.17, 15) is 40.5 Å². The Kier molecular flexibility index (Phi) is 34.3. The molecule has 0 aliphatic carbocycles. The minimum Gasteiger partial charge on any atom is -0.394 e. The molecular formula is C46H87NO10. The van der Waals surface area contributed by atoms with Gasteiger partial charge in [0, 0.05) is 0 Å². The number of rotatable bonds is 38. The van der Waals surface area contributed by atoms with Crippen molar-refractivity contribution in [1.29, 1.82) is 0 Å². The van der Waals surface area contributed by atoms with Crippen molar-refractivity contribution in [1.82, 2.24) is 5.32 Å². The quantitative estimate of drug-likeness (QED) is 0.0230. The molecule has 1 rings (SSSR count). The van der Waals surface area contributed by atoms with E-state index in [0.717, 1.165) is 51.4 Å². The molecule has 0 aromatic carbocycles. The summed E-state index contributed by atoms with van der Waals surface area (Å²) < 4.78 is 11.0. The van der Waals surface area contributed by atoms with Gasteiger partial charge in [0.15, 0.2) is 6.29 Å². The summed E-state index contributed by atoms with van der Waals surface area (Å²) >= 11 is 0. The Morgan fingerprint density at radius 1 is 0.596 bits per heavy atom. The standard InChI is InChI=1S/C46H87NO10/c1-3-5-7-9-11-12-13-14-15-16-17-18-19-20-21-22-23-24-25-26-28-30-32-34-39(50)45(55)47-37(41(51)38(49)33-31-29-27-10-8-6-4-2)36-56-46-44(54)43(53)42(52)40(35-48)57-46/h10,20-21,27,37-44,46,48-54H,3-9,11-19,22-26,28-36H2,1-2H3,(H,47,55)/b21-20-,27-10+. The van der Waals surface area contributed by atoms with Gasteiger partial charge in [-0.15, -0.1) is 0 Å². The van der Waals surface area contributed by atoms with Gasteiger partial charge >= 0.3 is 0 Å². The van der Waals surface area contributed by atoms with Gasteiger partial charge in [-0.05, 0) is 57.8 Å². The van der Waals surface area contributed by atoms with E-state index in [1.165, 1.54) is 103 Å². The van der Waals surface area contributed by atoms with Crippen molar-refractivity contribution in [3.8, 4) is 0 Å². The van der Waals surface area contributed by atoms with E-state index in [1.807, 2.05) is 6.08 Å². The van der Waals surface area contributed by atoms with Gasteiger partial charge in [-0.25, -0.2) is 0 Å². The number of carbonyl (C=O) groups is 1. The largest absolute Gasteiger partial charge is 0.394 e. The van der Waals surface area contributed by atoms with Gasteiger partial charge in [0.05, 0.1) is 25.4 Å². The zero-order chi connectivity index (χ0) is 41.9. The van der Waals surface area contributed by atoms with Crippen LogP contribution in [0.5, 0.6) is 0 Å². The minimum atomic E-state index is -1.66. The second-order valence-corrected chi connectivity index (χ2v) is 16.5. The summed E-state index contributed by atoms with van der Waals surface area (Å²) in [5, 5.41) is 75.2. The number of nitrogens with one attached hydrogen (secondary N) is 1. The third kappa shape index (κ3) is 26.4. The van der Waals surface area contributed by atoms with Gasteiger partial charge in [-0.2, -0.15) is 0 Å². The van der Waals surface area contributed by atoms with Crippen molar-refractivity contribution in [3.63, 3.8) is 0 Å². The van der Waals surface area contributed by atoms with Gasteiger partial charge in [0.1, 0.15) is 36.6 Å². The van der Waals surface area contributed by atoms with E-state index in [0.29, 0.717) is 12.8 Å². The van der Waals surface area contributed by atoms with Gasteiger partial charge in [0.25, 0.3) is 0 Å². The van der Waals surface area contributed by atoms with Crippen LogP contribution >= 0.6 is 0 Å². The lowest BCUT2D eigenvalue weighted by Crippen LogP contribution is -2.60. The number of aliphatic hydroxyl groups excluding tert-OH is 7. The molecule has 0 aromatic rings. The molecule has 0 aromatic heterocycles. The number of hydrogen-bond donors (Lipinski definition) is 8. The van der Waals surface area contributed by atoms with Crippen LogP contribution in [0.2, 0.25) is 0 Å². The highest BCUT2D eigenvalue weighted by atomic mass is 16.7. The number of unbranched alkanes of at least 4 members (excludes halogenated alkanes) is 22. The van der Waals surface area contributed by atoms with Crippen LogP contribution in [0.15, 0.2) is 24.3 Å². The summed E-state index contributed by atoms with van der Waals surface area (Å²) in [7, 11) is 0. The number of amides is 1. The Labute approximate surface area is 346 Å². The summed E-state index contributed by atoms with van der Waals surface area (Å²) in [6, 6.07) is -1.18. The first-order valence-electron chi connectivity index (χ1n) is 23.2. The SMILES string of the molecule is CCCC/C=C/CCCC(O)C(O)C(COC1OC(CO)C(O)C(O)C1O)NC(=O)C(O)CCCCCCCCC/C=C\CCCCCCCCCCCCCC. The smallest absolute Gasteiger partial charge is 0.249 e. The maximum atomic E-state index is 13.0. The zero-order valence-corrected chi connectivity index (χ0v) is 36.1. The Morgan fingerprint density at radius 2 is 1.05 bits per heavy atom. The predicted octanol–water partition coefficient (Wildman–Crippen LogP) is 7.45. The first-order chi connectivity index (χ1) is 27.7. The Balaban J connectivity index is 2.32. The van der Waals surface area contributed by atoms with Crippen molar-refractivity contribution < 1.29 is 50.0 Å². The number of aliphatic hydroxyl groups is 7. The number of allylic oxidation sites excluding steroid dienone is 4. The monoisotopic (exact) mass is 814 g/mol. The van der Waals surface area contributed by atoms with Crippen molar-refractivity contribution in [2.45, 2.75) is 249 Å². The van der Waals surface area contributed by atoms with E-state index in [1.54, 1.807) is 0 Å². The molecule has 1 amide bonds. The Morgan fingerprint density at radius 3 is 1.56 bits per heavy atom. The van der Waals surface area contributed by atoms with Gasteiger partial charge in [-0.1, -0.05) is 160 Å². The van der Waals surface area contributed by atoms with Crippen LogP contribution in [-0.4, -0.2) is 110 Å². The fourth-order valence-corrected chi connectivity index (χ4v) is 7.30.